The predicted octanol–water partition coefficient (Wildman–Crippen LogP) is 4.18. The van der Waals surface area contributed by atoms with Gasteiger partial charge in [-0.25, -0.2) is 9.78 Å². The molecule has 110 valence electrons. The van der Waals surface area contributed by atoms with Gasteiger partial charge in [0.05, 0.1) is 5.56 Å². The molecule has 0 amide bonds. The van der Waals surface area contributed by atoms with E-state index in [4.69, 9.17) is 9.84 Å². The predicted molar refractivity (Wildman–Crippen MR) is 81.1 cm³/mol. The number of ether oxygens (including phenoxy) is 1. The largest absolute Gasteiger partial charge is 0.478 e. The molecule has 0 saturated heterocycles. The van der Waals surface area contributed by atoms with Gasteiger partial charge in [0.15, 0.2) is 0 Å². The van der Waals surface area contributed by atoms with Gasteiger partial charge in [0.1, 0.15) is 5.75 Å². The van der Waals surface area contributed by atoms with Gasteiger partial charge in [-0.15, -0.1) is 0 Å². The van der Waals surface area contributed by atoms with Gasteiger partial charge in [-0.3, -0.25) is 0 Å². The Morgan fingerprint density at radius 3 is 2.43 bits per heavy atom. The SMILES string of the molecule is Cc1c(Oc2ccc(C(C)(C)C)cn2)cccc1C(=O)O. The van der Waals surface area contributed by atoms with Crippen molar-refractivity contribution in [2.24, 2.45) is 0 Å². The third kappa shape index (κ3) is 3.40. The Labute approximate surface area is 124 Å². The van der Waals surface area contributed by atoms with Crippen LogP contribution in [0.15, 0.2) is 36.5 Å². The van der Waals surface area contributed by atoms with E-state index in [0.29, 0.717) is 17.2 Å². The van der Waals surface area contributed by atoms with Crippen LogP contribution in [0, 0.1) is 6.92 Å². The fraction of sp³-hybridized carbons (Fsp3) is 0.294. The van der Waals surface area contributed by atoms with Crippen LogP contribution in [0.3, 0.4) is 0 Å². The van der Waals surface area contributed by atoms with E-state index >= 15 is 0 Å². The van der Waals surface area contributed by atoms with Crippen LogP contribution in [0.5, 0.6) is 11.6 Å². The average Bonchev–Trinajstić information content (AvgIpc) is 2.40. The summed E-state index contributed by atoms with van der Waals surface area (Å²) in [5.74, 6) is -0.00598. The highest BCUT2D eigenvalue weighted by atomic mass is 16.5. The summed E-state index contributed by atoms with van der Waals surface area (Å²) < 4.78 is 5.69. The van der Waals surface area contributed by atoms with Crippen molar-refractivity contribution in [1.29, 1.82) is 0 Å². The molecule has 0 aliphatic carbocycles. The molecule has 1 heterocycles. The molecule has 0 spiro atoms. The van der Waals surface area contributed by atoms with Crippen molar-refractivity contribution in [3.05, 3.63) is 53.2 Å². The van der Waals surface area contributed by atoms with E-state index in [2.05, 4.69) is 25.8 Å². The number of aromatic nitrogens is 1. The number of benzene rings is 1. The first-order chi connectivity index (χ1) is 9.79. The van der Waals surface area contributed by atoms with E-state index in [-0.39, 0.29) is 11.0 Å². The Bertz CT molecular complexity index is 655. The summed E-state index contributed by atoms with van der Waals surface area (Å²) >= 11 is 0. The van der Waals surface area contributed by atoms with Crippen molar-refractivity contribution in [3.8, 4) is 11.6 Å². The lowest BCUT2D eigenvalue weighted by molar-refractivity contribution is 0.0695. The lowest BCUT2D eigenvalue weighted by Crippen LogP contribution is -2.11. The van der Waals surface area contributed by atoms with Gasteiger partial charge in [-0.2, -0.15) is 0 Å². The van der Waals surface area contributed by atoms with E-state index in [1.54, 1.807) is 37.4 Å². The topological polar surface area (TPSA) is 59.4 Å². The second-order valence-corrected chi connectivity index (χ2v) is 5.97. The molecule has 1 aromatic carbocycles. The maximum atomic E-state index is 11.1. The van der Waals surface area contributed by atoms with Gasteiger partial charge >= 0.3 is 5.97 Å². The van der Waals surface area contributed by atoms with Crippen LogP contribution in [-0.4, -0.2) is 16.1 Å². The van der Waals surface area contributed by atoms with Crippen molar-refractivity contribution < 1.29 is 14.6 Å². The smallest absolute Gasteiger partial charge is 0.336 e. The minimum atomic E-state index is -0.964. The Hall–Kier alpha value is -2.36. The third-order valence-corrected chi connectivity index (χ3v) is 3.33. The molecule has 0 saturated carbocycles. The maximum Gasteiger partial charge on any atom is 0.336 e. The van der Waals surface area contributed by atoms with E-state index in [1.807, 2.05) is 6.07 Å². The number of carboxylic acids is 1. The molecule has 0 bridgehead atoms. The molecule has 1 aromatic heterocycles. The highest BCUT2D eigenvalue weighted by Crippen LogP contribution is 2.28. The van der Waals surface area contributed by atoms with Gasteiger partial charge in [-0.1, -0.05) is 32.9 Å². The van der Waals surface area contributed by atoms with E-state index < -0.39 is 5.97 Å². The molecule has 4 nitrogen and oxygen atoms in total. The highest BCUT2D eigenvalue weighted by molar-refractivity contribution is 5.90. The zero-order valence-electron chi connectivity index (χ0n) is 12.7. The summed E-state index contributed by atoms with van der Waals surface area (Å²) in [6, 6.07) is 8.73. The summed E-state index contributed by atoms with van der Waals surface area (Å²) in [4.78, 5) is 15.4. The highest BCUT2D eigenvalue weighted by Gasteiger charge is 2.15. The monoisotopic (exact) mass is 285 g/mol. The fourth-order valence-corrected chi connectivity index (χ4v) is 1.95. The molecule has 1 N–H and O–H groups in total. The number of aromatic carboxylic acids is 1. The zero-order valence-corrected chi connectivity index (χ0v) is 12.7. The Morgan fingerprint density at radius 1 is 1.19 bits per heavy atom. The molecule has 0 aliphatic rings. The van der Waals surface area contributed by atoms with Crippen LogP contribution >= 0.6 is 0 Å². The van der Waals surface area contributed by atoms with E-state index in [0.717, 1.165) is 5.56 Å². The Kier molecular flexibility index (Phi) is 3.98. The number of carbonyl (C=O) groups is 1. The quantitative estimate of drug-likeness (QED) is 0.919. The van der Waals surface area contributed by atoms with Crippen molar-refractivity contribution in [2.75, 3.05) is 0 Å². The minimum Gasteiger partial charge on any atom is -0.478 e. The van der Waals surface area contributed by atoms with Gasteiger partial charge in [0.25, 0.3) is 0 Å². The number of pyridine rings is 1. The number of hydrogen-bond donors (Lipinski definition) is 1. The van der Waals surface area contributed by atoms with Crippen LogP contribution in [0.4, 0.5) is 0 Å². The normalized spacial score (nSPS) is 11.2. The number of rotatable bonds is 3. The molecular formula is C17H19NO3. The second-order valence-electron chi connectivity index (χ2n) is 5.97. The first-order valence-electron chi connectivity index (χ1n) is 6.76. The fourth-order valence-electron chi connectivity index (χ4n) is 1.95. The second kappa shape index (κ2) is 5.56. The maximum absolute atomic E-state index is 11.1. The first kappa shape index (κ1) is 15.0. The molecule has 0 aliphatic heterocycles. The Morgan fingerprint density at radius 2 is 1.90 bits per heavy atom. The van der Waals surface area contributed by atoms with Crippen LogP contribution < -0.4 is 4.74 Å². The molecular weight excluding hydrogens is 266 g/mol. The minimum absolute atomic E-state index is 0.0324. The van der Waals surface area contributed by atoms with Crippen molar-refractivity contribution in [2.45, 2.75) is 33.1 Å². The zero-order chi connectivity index (χ0) is 15.6. The summed E-state index contributed by atoms with van der Waals surface area (Å²) in [5, 5.41) is 9.11. The standard InChI is InChI=1S/C17H19NO3/c1-11-13(16(19)20)6-5-7-14(11)21-15-9-8-12(10-18-15)17(2,3)4/h5-10H,1-4H3,(H,19,20). The first-order valence-corrected chi connectivity index (χ1v) is 6.76. The van der Waals surface area contributed by atoms with Crippen LogP contribution in [-0.2, 0) is 5.41 Å². The van der Waals surface area contributed by atoms with Gasteiger partial charge in [0.2, 0.25) is 5.88 Å². The molecule has 0 fully saturated rings. The molecule has 0 unspecified atom stereocenters. The van der Waals surface area contributed by atoms with E-state index in [9.17, 15) is 4.79 Å². The van der Waals surface area contributed by atoms with Crippen LogP contribution in [0.2, 0.25) is 0 Å². The summed E-state index contributed by atoms with van der Waals surface area (Å²) in [5.41, 5.74) is 1.97. The molecule has 21 heavy (non-hydrogen) atoms. The number of nitrogens with zero attached hydrogens (tertiary/aromatic N) is 1. The summed E-state index contributed by atoms with van der Waals surface area (Å²) in [6.45, 7) is 8.07. The van der Waals surface area contributed by atoms with E-state index in [1.165, 1.54) is 0 Å². The van der Waals surface area contributed by atoms with Gasteiger partial charge in [-0.05, 0) is 30.0 Å². The molecule has 2 aromatic rings. The number of hydrogen-bond acceptors (Lipinski definition) is 3. The van der Waals surface area contributed by atoms with Crippen LogP contribution in [0.25, 0.3) is 0 Å². The van der Waals surface area contributed by atoms with Crippen molar-refractivity contribution >= 4 is 5.97 Å². The molecule has 2 rings (SSSR count). The Balaban J connectivity index is 2.27. The molecule has 4 heteroatoms. The summed E-state index contributed by atoms with van der Waals surface area (Å²) in [6.07, 6.45) is 1.78. The number of carboxylic acid groups (broad SMARTS) is 1. The molecule has 0 atom stereocenters. The third-order valence-electron chi connectivity index (χ3n) is 3.33. The molecule has 0 radical (unpaired) electrons. The van der Waals surface area contributed by atoms with Gasteiger partial charge in [0, 0.05) is 17.8 Å². The lowest BCUT2D eigenvalue weighted by Gasteiger charge is -2.18. The van der Waals surface area contributed by atoms with Crippen molar-refractivity contribution in [3.63, 3.8) is 0 Å². The average molecular weight is 285 g/mol. The summed E-state index contributed by atoms with van der Waals surface area (Å²) in [7, 11) is 0. The van der Waals surface area contributed by atoms with Crippen molar-refractivity contribution in [1.82, 2.24) is 4.98 Å². The van der Waals surface area contributed by atoms with Crippen LogP contribution in [0.1, 0.15) is 42.3 Å². The lowest BCUT2D eigenvalue weighted by atomic mass is 9.88. The van der Waals surface area contributed by atoms with Gasteiger partial charge < -0.3 is 9.84 Å².